The zero-order valence-corrected chi connectivity index (χ0v) is 19.1. The van der Waals surface area contributed by atoms with Crippen LogP contribution in [0.5, 0.6) is 5.75 Å². The summed E-state index contributed by atoms with van der Waals surface area (Å²) < 4.78 is 5.23. The van der Waals surface area contributed by atoms with E-state index in [2.05, 4.69) is 43.0 Å². The third kappa shape index (κ3) is 3.81. The maximum Gasteiger partial charge on any atom is 0.253 e. The third-order valence-corrected chi connectivity index (χ3v) is 6.41. The summed E-state index contributed by atoms with van der Waals surface area (Å²) in [4.78, 5) is 18.9. The maximum atomic E-state index is 13.1. The minimum absolute atomic E-state index is 0.0297. The molecule has 1 aromatic carbocycles. The molecule has 164 valence electrons. The number of likely N-dealkylation sites (tertiary alicyclic amines) is 1. The number of benzene rings is 1. The topological polar surface area (TPSA) is 81.2 Å². The smallest absolute Gasteiger partial charge is 0.253 e. The Bertz CT molecular complexity index is 1040. The number of ether oxygens (including phenoxy) is 1. The molecule has 1 fully saturated rings. The fraction of sp³-hybridized carbons (Fsp3) is 0.440. The highest BCUT2D eigenvalue weighted by Crippen LogP contribution is 2.36. The second-order valence-corrected chi connectivity index (χ2v) is 9.17. The highest BCUT2D eigenvalue weighted by atomic mass is 16.5. The van der Waals surface area contributed by atoms with Gasteiger partial charge in [0.05, 0.1) is 23.9 Å². The Morgan fingerprint density at radius 1 is 1.29 bits per heavy atom. The van der Waals surface area contributed by atoms with Crippen molar-refractivity contribution >= 4 is 17.2 Å². The van der Waals surface area contributed by atoms with E-state index in [1.807, 2.05) is 30.3 Å². The molecule has 0 aliphatic carbocycles. The average molecular weight is 421 g/mol. The van der Waals surface area contributed by atoms with Crippen molar-refractivity contribution in [2.75, 3.05) is 27.2 Å². The van der Waals surface area contributed by atoms with Gasteiger partial charge in [-0.05, 0) is 66.4 Å². The first kappa shape index (κ1) is 21.4. The molecule has 0 bridgehead atoms. The lowest BCUT2D eigenvalue weighted by Crippen LogP contribution is -2.71. The van der Waals surface area contributed by atoms with Crippen LogP contribution < -0.4 is 10.1 Å². The van der Waals surface area contributed by atoms with Crippen LogP contribution in [0.3, 0.4) is 0 Å². The molecule has 0 radical (unpaired) electrons. The van der Waals surface area contributed by atoms with Crippen LogP contribution in [0.15, 0.2) is 30.3 Å². The summed E-state index contributed by atoms with van der Waals surface area (Å²) in [5, 5.41) is 11.9. The molecular formula is C25H32N4O2. The molecule has 0 saturated carbocycles. The average Bonchev–Trinajstić information content (AvgIpc) is 3.09. The number of nitrogens with one attached hydrogen (secondary N) is 3. The van der Waals surface area contributed by atoms with Gasteiger partial charge in [0.15, 0.2) is 0 Å². The van der Waals surface area contributed by atoms with Crippen LogP contribution in [-0.4, -0.2) is 54.3 Å². The molecule has 0 atom stereocenters. The monoisotopic (exact) mass is 420 g/mol. The summed E-state index contributed by atoms with van der Waals surface area (Å²) in [5.74, 6) is 1.01. The van der Waals surface area contributed by atoms with E-state index in [1.165, 1.54) is 0 Å². The lowest BCUT2D eigenvalue weighted by Gasteiger charge is -2.50. The van der Waals surface area contributed by atoms with Gasteiger partial charge in [-0.25, -0.2) is 0 Å². The van der Waals surface area contributed by atoms with Crippen molar-refractivity contribution in [3.05, 3.63) is 58.4 Å². The van der Waals surface area contributed by atoms with Crippen LogP contribution in [0.25, 0.3) is 5.57 Å². The number of amides is 1. The van der Waals surface area contributed by atoms with Crippen molar-refractivity contribution in [1.29, 1.82) is 5.41 Å². The lowest BCUT2D eigenvalue weighted by atomic mass is 9.80. The second-order valence-electron chi connectivity index (χ2n) is 9.17. The molecule has 3 heterocycles. The zero-order chi connectivity index (χ0) is 22.3. The first-order valence-corrected chi connectivity index (χ1v) is 11.0. The Hall–Kier alpha value is -2.86. The molecular weight excluding hydrogens is 388 g/mol. The number of methoxy groups -OCH3 is 1. The molecule has 2 aromatic rings. The second kappa shape index (κ2) is 8.00. The van der Waals surface area contributed by atoms with Gasteiger partial charge in [0.25, 0.3) is 5.91 Å². The number of nitrogens with zero attached hydrogens (tertiary/aromatic N) is 1. The van der Waals surface area contributed by atoms with Gasteiger partial charge in [-0.2, -0.15) is 0 Å². The highest BCUT2D eigenvalue weighted by molar-refractivity contribution is 6.11. The van der Waals surface area contributed by atoms with Gasteiger partial charge in [0, 0.05) is 30.9 Å². The van der Waals surface area contributed by atoms with Gasteiger partial charge in [-0.15, -0.1) is 0 Å². The lowest BCUT2D eigenvalue weighted by molar-refractivity contribution is 0.0479. The number of aromatic nitrogens is 1. The van der Waals surface area contributed by atoms with E-state index >= 15 is 0 Å². The zero-order valence-electron chi connectivity index (χ0n) is 19.1. The van der Waals surface area contributed by atoms with Crippen LogP contribution in [0, 0.1) is 11.3 Å². The van der Waals surface area contributed by atoms with Crippen molar-refractivity contribution < 1.29 is 9.53 Å². The molecule has 0 unspecified atom stereocenters. The van der Waals surface area contributed by atoms with E-state index < -0.39 is 0 Å². The number of aromatic amines is 1. The van der Waals surface area contributed by atoms with Crippen molar-refractivity contribution in [3.8, 4) is 5.75 Å². The Balaban J connectivity index is 1.73. The summed E-state index contributed by atoms with van der Waals surface area (Å²) in [7, 11) is 3.72. The highest BCUT2D eigenvalue weighted by Gasteiger charge is 2.47. The predicted molar refractivity (Wildman–Crippen MR) is 124 cm³/mol. The molecule has 1 saturated heterocycles. The molecule has 2 aliphatic rings. The Labute approximate surface area is 184 Å². The van der Waals surface area contributed by atoms with Crippen molar-refractivity contribution in [2.24, 2.45) is 5.92 Å². The summed E-state index contributed by atoms with van der Waals surface area (Å²) in [6.07, 6.45) is 3.53. The van der Waals surface area contributed by atoms with Crippen LogP contribution in [0.2, 0.25) is 0 Å². The number of rotatable bonds is 6. The van der Waals surface area contributed by atoms with Crippen molar-refractivity contribution in [3.63, 3.8) is 0 Å². The summed E-state index contributed by atoms with van der Waals surface area (Å²) in [5.41, 5.74) is 6.08. The standard InChI is InChI=1S/C25H32N4O2/c1-6-18-22-21(12-25(28-24(22)30)13-29(4)14-25)27-23(18)19(15(2)3)11-20(26)16-7-9-17(31-5)10-8-16/h7-11,15,26-27H,6,12-14H2,1-5H3,(H,28,30)/b19-11+,26-20?. The van der Waals surface area contributed by atoms with E-state index in [-0.39, 0.29) is 17.4 Å². The van der Waals surface area contributed by atoms with Crippen molar-refractivity contribution in [1.82, 2.24) is 15.2 Å². The fourth-order valence-corrected chi connectivity index (χ4v) is 5.00. The number of carbonyl (C=O) groups is 1. The van der Waals surface area contributed by atoms with Gasteiger partial charge >= 0.3 is 0 Å². The fourth-order valence-electron chi connectivity index (χ4n) is 5.00. The number of fused-ring (bicyclic) bond motifs is 1. The summed E-state index contributed by atoms with van der Waals surface area (Å²) in [6.45, 7) is 8.12. The van der Waals surface area contributed by atoms with E-state index in [0.29, 0.717) is 5.71 Å². The maximum absolute atomic E-state index is 13.1. The molecule has 3 N–H and O–H groups in total. The predicted octanol–water partition coefficient (Wildman–Crippen LogP) is 3.66. The Kier molecular flexibility index (Phi) is 5.52. The number of carbonyl (C=O) groups excluding carboxylic acids is 1. The van der Waals surface area contributed by atoms with Gasteiger partial charge in [0.2, 0.25) is 0 Å². The molecule has 2 aliphatic heterocycles. The molecule has 6 heteroatoms. The molecule has 1 aromatic heterocycles. The quantitative estimate of drug-likeness (QED) is 0.624. The molecule has 6 nitrogen and oxygen atoms in total. The van der Waals surface area contributed by atoms with Gasteiger partial charge in [-0.3, -0.25) is 4.79 Å². The number of H-pyrrole nitrogens is 1. The van der Waals surface area contributed by atoms with E-state index in [0.717, 1.165) is 65.3 Å². The van der Waals surface area contributed by atoms with Gasteiger partial charge < -0.3 is 25.3 Å². The SMILES string of the molecule is CCc1c(/C(=C/C(=N)c2ccc(OC)cc2)C(C)C)[nH]c2c1C(=O)NC1(C2)CN(C)C1. The number of allylic oxidation sites excluding steroid dienone is 2. The van der Waals surface area contributed by atoms with Gasteiger partial charge in [-0.1, -0.05) is 20.8 Å². The molecule has 1 amide bonds. The summed E-state index contributed by atoms with van der Waals surface area (Å²) in [6, 6.07) is 7.55. The van der Waals surface area contributed by atoms with E-state index in [9.17, 15) is 4.79 Å². The minimum atomic E-state index is -0.149. The normalized spacial score (nSPS) is 18.0. The Morgan fingerprint density at radius 3 is 2.52 bits per heavy atom. The van der Waals surface area contributed by atoms with E-state index in [1.54, 1.807) is 7.11 Å². The Morgan fingerprint density at radius 2 is 1.97 bits per heavy atom. The van der Waals surface area contributed by atoms with Crippen molar-refractivity contribution in [2.45, 2.75) is 39.2 Å². The van der Waals surface area contributed by atoms with Crippen LogP contribution >= 0.6 is 0 Å². The number of hydrogen-bond acceptors (Lipinski definition) is 4. The molecule has 4 rings (SSSR count). The molecule has 1 spiro atoms. The number of likely N-dealkylation sites (N-methyl/N-ethyl adjacent to an activating group) is 1. The van der Waals surface area contributed by atoms with Crippen LogP contribution in [-0.2, 0) is 12.8 Å². The molecule has 31 heavy (non-hydrogen) atoms. The van der Waals surface area contributed by atoms with E-state index in [4.69, 9.17) is 10.1 Å². The third-order valence-electron chi connectivity index (χ3n) is 6.41. The first-order valence-electron chi connectivity index (χ1n) is 11.0. The minimum Gasteiger partial charge on any atom is -0.497 e. The van der Waals surface area contributed by atoms with Crippen LogP contribution in [0.4, 0.5) is 0 Å². The largest absolute Gasteiger partial charge is 0.497 e. The van der Waals surface area contributed by atoms with Crippen LogP contribution in [0.1, 0.15) is 53.6 Å². The first-order chi connectivity index (χ1) is 14.8. The summed E-state index contributed by atoms with van der Waals surface area (Å²) >= 11 is 0. The number of hydrogen-bond donors (Lipinski definition) is 3. The van der Waals surface area contributed by atoms with Gasteiger partial charge in [0.1, 0.15) is 5.75 Å².